The van der Waals surface area contributed by atoms with Crippen LogP contribution in [0.15, 0.2) is 50.3 Å². The lowest BCUT2D eigenvalue weighted by atomic mass is 9.96. The van der Waals surface area contributed by atoms with Gasteiger partial charge in [-0.1, -0.05) is 19.3 Å². The van der Waals surface area contributed by atoms with E-state index < -0.39 is 10.0 Å². The van der Waals surface area contributed by atoms with Crippen LogP contribution in [0.1, 0.15) is 54.0 Å². The van der Waals surface area contributed by atoms with Crippen LogP contribution in [0.25, 0.3) is 11.0 Å². The second-order valence-corrected chi connectivity index (χ2v) is 9.79. The Morgan fingerprint density at radius 1 is 1.20 bits per heavy atom. The number of furan rings is 2. The van der Waals surface area contributed by atoms with Crippen molar-refractivity contribution >= 4 is 26.9 Å². The highest BCUT2D eigenvalue weighted by Gasteiger charge is 2.30. The fraction of sp³-hybridized carbons (Fsp3) is 0.409. The summed E-state index contributed by atoms with van der Waals surface area (Å²) < 4.78 is 38.8. The van der Waals surface area contributed by atoms with Crippen molar-refractivity contribution in [2.75, 3.05) is 7.05 Å². The Balaban J connectivity index is 1.59. The maximum atomic E-state index is 13.2. The first-order valence-corrected chi connectivity index (χ1v) is 11.6. The number of hydrogen-bond donors (Lipinski definition) is 1. The van der Waals surface area contributed by atoms with Gasteiger partial charge in [0.25, 0.3) is 5.91 Å². The zero-order valence-electron chi connectivity index (χ0n) is 17.2. The zero-order chi connectivity index (χ0) is 21.3. The quantitative estimate of drug-likeness (QED) is 0.632. The molecular weight excluding hydrogens is 404 g/mol. The van der Waals surface area contributed by atoms with Crippen LogP contribution in [0.2, 0.25) is 0 Å². The Bertz CT molecular complexity index is 1140. The first kappa shape index (κ1) is 20.7. The van der Waals surface area contributed by atoms with Crippen molar-refractivity contribution in [1.82, 2.24) is 9.62 Å². The summed E-state index contributed by atoms with van der Waals surface area (Å²) in [7, 11) is -1.96. The monoisotopic (exact) mass is 430 g/mol. The number of nitrogens with zero attached hydrogens (tertiary/aromatic N) is 1. The third-order valence-corrected chi connectivity index (χ3v) is 7.79. The van der Waals surface area contributed by atoms with Gasteiger partial charge in [-0.15, -0.1) is 0 Å². The van der Waals surface area contributed by atoms with E-state index in [0.29, 0.717) is 22.3 Å². The first-order chi connectivity index (χ1) is 14.4. The Labute approximate surface area is 176 Å². The molecule has 1 saturated carbocycles. The van der Waals surface area contributed by atoms with Gasteiger partial charge in [-0.3, -0.25) is 4.79 Å². The zero-order valence-corrected chi connectivity index (χ0v) is 18.0. The van der Waals surface area contributed by atoms with Gasteiger partial charge in [0.1, 0.15) is 11.3 Å². The second kappa shape index (κ2) is 8.28. The van der Waals surface area contributed by atoms with Crippen LogP contribution in [-0.2, 0) is 16.6 Å². The number of amides is 1. The lowest BCUT2D eigenvalue weighted by molar-refractivity contribution is 0.0921. The minimum Gasteiger partial charge on any atom is -0.467 e. The molecule has 2 heterocycles. The number of benzene rings is 1. The first-order valence-electron chi connectivity index (χ1n) is 10.2. The second-order valence-electron chi connectivity index (χ2n) is 7.79. The number of nitrogens with one attached hydrogen (secondary N) is 1. The number of rotatable bonds is 6. The Morgan fingerprint density at radius 3 is 2.67 bits per heavy atom. The van der Waals surface area contributed by atoms with Gasteiger partial charge in [-0.25, -0.2) is 8.42 Å². The van der Waals surface area contributed by atoms with Crippen molar-refractivity contribution in [1.29, 1.82) is 0 Å². The highest BCUT2D eigenvalue weighted by molar-refractivity contribution is 7.89. The van der Waals surface area contributed by atoms with Crippen molar-refractivity contribution in [3.05, 3.63) is 53.7 Å². The van der Waals surface area contributed by atoms with E-state index in [-0.39, 0.29) is 29.1 Å². The molecule has 1 amide bonds. The van der Waals surface area contributed by atoms with Crippen LogP contribution in [0, 0.1) is 6.92 Å². The lowest BCUT2D eigenvalue weighted by Crippen LogP contribution is -2.38. The molecule has 4 rings (SSSR count). The molecule has 1 aromatic carbocycles. The molecule has 8 heteroatoms. The smallest absolute Gasteiger partial charge is 0.287 e. The summed E-state index contributed by atoms with van der Waals surface area (Å²) in [6, 6.07) is 8.32. The Hall–Kier alpha value is -2.58. The fourth-order valence-electron chi connectivity index (χ4n) is 4.05. The van der Waals surface area contributed by atoms with E-state index in [1.54, 1.807) is 50.6 Å². The largest absolute Gasteiger partial charge is 0.467 e. The highest BCUT2D eigenvalue weighted by atomic mass is 32.2. The van der Waals surface area contributed by atoms with E-state index in [9.17, 15) is 13.2 Å². The van der Waals surface area contributed by atoms with Crippen molar-refractivity contribution in [3.63, 3.8) is 0 Å². The molecule has 7 nitrogen and oxygen atoms in total. The van der Waals surface area contributed by atoms with Gasteiger partial charge >= 0.3 is 0 Å². The maximum Gasteiger partial charge on any atom is 0.287 e. The summed E-state index contributed by atoms with van der Waals surface area (Å²) in [4.78, 5) is 12.8. The van der Waals surface area contributed by atoms with Gasteiger partial charge in [-0.2, -0.15) is 4.31 Å². The molecule has 160 valence electrons. The van der Waals surface area contributed by atoms with E-state index in [0.717, 1.165) is 32.1 Å². The van der Waals surface area contributed by atoms with E-state index in [4.69, 9.17) is 8.83 Å². The van der Waals surface area contributed by atoms with Crippen molar-refractivity contribution < 1.29 is 22.0 Å². The van der Waals surface area contributed by atoms with Crippen molar-refractivity contribution in [2.45, 2.75) is 56.5 Å². The summed E-state index contributed by atoms with van der Waals surface area (Å²) in [6.07, 6.45) is 6.60. The van der Waals surface area contributed by atoms with Gasteiger partial charge in [0.05, 0.1) is 17.7 Å². The van der Waals surface area contributed by atoms with Gasteiger partial charge in [-0.05, 0) is 50.1 Å². The molecule has 1 fully saturated rings. The van der Waals surface area contributed by atoms with Crippen molar-refractivity contribution in [2.24, 2.45) is 0 Å². The molecule has 30 heavy (non-hydrogen) atoms. The van der Waals surface area contributed by atoms with E-state index >= 15 is 0 Å². The molecule has 1 aliphatic carbocycles. The molecule has 1 aliphatic rings. The predicted octanol–water partition coefficient (Wildman–Crippen LogP) is 4.22. The molecule has 0 bridgehead atoms. The third kappa shape index (κ3) is 3.89. The van der Waals surface area contributed by atoms with E-state index in [1.807, 2.05) is 0 Å². The molecule has 0 spiro atoms. The van der Waals surface area contributed by atoms with Crippen LogP contribution in [-0.4, -0.2) is 31.7 Å². The van der Waals surface area contributed by atoms with Crippen molar-refractivity contribution in [3.8, 4) is 0 Å². The molecule has 0 aliphatic heterocycles. The average molecular weight is 431 g/mol. The van der Waals surface area contributed by atoms with Crippen LogP contribution >= 0.6 is 0 Å². The van der Waals surface area contributed by atoms with Crippen LogP contribution in [0.3, 0.4) is 0 Å². The topological polar surface area (TPSA) is 92.8 Å². The summed E-state index contributed by atoms with van der Waals surface area (Å²) in [5, 5.41) is 3.38. The normalized spacial score (nSPS) is 15.7. The van der Waals surface area contributed by atoms with Crippen LogP contribution in [0.5, 0.6) is 0 Å². The number of aryl methyl sites for hydroxylation is 1. The number of carbonyl (C=O) groups is 1. The van der Waals surface area contributed by atoms with Crippen LogP contribution in [0.4, 0.5) is 0 Å². The number of fused-ring (bicyclic) bond motifs is 1. The predicted molar refractivity (Wildman–Crippen MR) is 113 cm³/mol. The van der Waals surface area contributed by atoms with Gasteiger partial charge in [0, 0.05) is 24.0 Å². The molecule has 0 atom stereocenters. The molecule has 0 unspecified atom stereocenters. The summed E-state index contributed by atoms with van der Waals surface area (Å²) >= 11 is 0. The fourth-order valence-corrected chi connectivity index (χ4v) is 5.49. The Kier molecular flexibility index (Phi) is 5.71. The van der Waals surface area contributed by atoms with Gasteiger partial charge in [0.2, 0.25) is 10.0 Å². The summed E-state index contributed by atoms with van der Waals surface area (Å²) in [6.45, 7) is 2.00. The molecule has 2 aromatic heterocycles. The minimum atomic E-state index is -3.62. The minimum absolute atomic E-state index is 0.0350. The van der Waals surface area contributed by atoms with Gasteiger partial charge < -0.3 is 14.2 Å². The number of sulfonamides is 1. The molecule has 0 saturated heterocycles. The lowest BCUT2D eigenvalue weighted by Gasteiger charge is -2.30. The molecule has 3 aromatic rings. The van der Waals surface area contributed by atoms with Gasteiger partial charge in [0.15, 0.2) is 5.76 Å². The summed E-state index contributed by atoms with van der Waals surface area (Å²) in [5.74, 6) is 0.437. The average Bonchev–Trinajstić information content (AvgIpc) is 3.40. The van der Waals surface area contributed by atoms with E-state index in [2.05, 4.69) is 5.32 Å². The third-order valence-electron chi connectivity index (χ3n) is 5.88. The highest BCUT2D eigenvalue weighted by Crippen LogP contribution is 2.31. The van der Waals surface area contributed by atoms with Crippen LogP contribution < -0.4 is 5.32 Å². The molecule has 0 radical (unpaired) electrons. The number of hydrogen-bond acceptors (Lipinski definition) is 5. The Morgan fingerprint density at radius 2 is 1.97 bits per heavy atom. The SMILES string of the molecule is Cc1c(C(=O)NCc2ccco2)oc2ccc(S(=O)(=O)N(C)C3CCCCC3)cc12. The number of carbonyl (C=O) groups excluding carboxylic acids is 1. The molecular formula is C22H26N2O5S. The molecule has 1 N–H and O–H groups in total. The van der Waals surface area contributed by atoms with E-state index in [1.165, 1.54) is 4.31 Å². The maximum absolute atomic E-state index is 13.2. The summed E-state index contributed by atoms with van der Waals surface area (Å²) in [5.41, 5.74) is 1.09. The standard InChI is InChI=1S/C22H26N2O5S/c1-15-19-13-18(30(26,27)24(2)16-7-4-3-5-8-16)10-11-20(19)29-21(15)22(25)23-14-17-9-6-12-28-17/h6,9-13,16H,3-5,7-8,14H2,1-2H3,(H,23,25).